The summed E-state index contributed by atoms with van der Waals surface area (Å²) in [5, 5.41) is 3.48. The lowest BCUT2D eigenvalue weighted by Crippen LogP contribution is -2.48. The normalized spacial score (nSPS) is 30.7. The Kier molecular flexibility index (Phi) is 3.21. The second-order valence-corrected chi connectivity index (χ2v) is 6.66. The van der Waals surface area contributed by atoms with Gasteiger partial charge in [0, 0.05) is 9.11 Å². The Hall–Kier alpha value is -0.780. The molecule has 2 bridgehead atoms. The number of halogens is 1. The van der Waals surface area contributed by atoms with Crippen LogP contribution in [0.5, 0.6) is 0 Å². The molecule has 18 heavy (non-hydrogen) atoms. The molecule has 0 saturated heterocycles. The summed E-state index contributed by atoms with van der Waals surface area (Å²) in [6.45, 7) is 0. The molecular weight excluding hydrogens is 337 g/mol. The van der Waals surface area contributed by atoms with E-state index in [2.05, 4.69) is 32.9 Å². The van der Waals surface area contributed by atoms with Crippen LogP contribution in [0.1, 0.15) is 32.1 Å². The number of para-hydroxylation sites is 1. The van der Waals surface area contributed by atoms with Crippen LogP contribution in [0.3, 0.4) is 0 Å². The first-order valence-electron chi connectivity index (χ1n) is 6.54. The van der Waals surface area contributed by atoms with Crippen LogP contribution in [0, 0.1) is 9.49 Å². The van der Waals surface area contributed by atoms with Crippen LogP contribution in [0.4, 0.5) is 5.69 Å². The van der Waals surface area contributed by atoms with Crippen LogP contribution < -0.4 is 11.1 Å². The number of nitrogens with one attached hydrogen (secondary N) is 1. The van der Waals surface area contributed by atoms with Gasteiger partial charge in [-0.15, -0.1) is 0 Å². The maximum absolute atomic E-state index is 6.07. The summed E-state index contributed by atoms with van der Waals surface area (Å²) < 4.78 is 1.13. The van der Waals surface area contributed by atoms with E-state index in [0.29, 0.717) is 5.96 Å². The summed E-state index contributed by atoms with van der Waals surface area (Å²) in [5.74, 6) is 1.49. The predicted octanol–water partition coefficient (Wildman–Crippen LogP) is 3.16. The van der Waals surface area contributed by atoms with E-state index in [4.69, 9.17) is 5.73 Å². The van der Waals surface area contributed by atoms with Crippen molar-refractivity contribution in [1.82, 2.24) is 5.32 Å². The highest BCUT2D eigenvalue weighted by atomic mass is 127. The molecule has 0 aromatic heterocycles. The molecule has 0 unspecified atom stereocenters. The van der Waals surface area contributed by atoms with E-state index in [1.807, 2.05) is 24.3 Å². The number of rotatable bonds is 2. The van der Waals surface area contributed by atoms with Gasteiger partial charge in [0.1, 0.15) is 0 Å². The van der Waals surface area contributed by atoms with E-state index in [-0.39, 0.29) is 5.54 Å². The molecule has 1 aromatic carbocycles. The third kappa shape index (κ3) is 2.35. The van der Waals surface area contributed by atoms with E-state index < -0.39 is 0 Å². The highest BCUT2D eigenvalue weighted by Gasteiger charge is 2.45. The summed E-state index contributed by atoms with van der Waals surface area (Å²) in [4.78, 5) is 4.51. The molecule has 3 rings (SSSR count). The lowest BCUT2D eigenvalue weighted by atomic mass is 9.94. The first-order chi connectivity index (χ1) is 8.67. The van der Waals surface area contributed by atoms with Gasteiger partial charge in [-0.2, -0.15) is 0 Å². The molecule has 0 atom stereocenters. The summed E-state index contributed by atoms with van der Waals surface area (Å²) in [6, 6.07) is 8.06. The first kappa shape index (κ1) is 12.3. The van der Waals surface area contributed by atoms with Crippen molar-refractivity contribution < 1.29 is 0 Å². The minimum Gasteiger partial charge on any atom is -0.370 e. The van der Waals surface area contributed by atoms with Crippen LogP contribution >= 0.6 is 22.6 Å². The molecule has 3 nitrogen and oxygen atoms in total. The van der Waals surface area contributed by atoms with Gasteiger partial charge in [-0.1, -0.05) is 12.1 Å². The van der Waals surface area contributed by atoms with Crippen molar-refractivity contribution in [2.24, 2.45) is 16.6 Å². The smallest absolute Gasteiger partial charge is 0.194 e. The molecule has 0 aliphatic heterocycles. The molecule has 0 radical (unpaired) electrons. The number of aliphatic imine (C=N–C) groups is 1. The van der Waals surface area contributed by atoms with Gasteiger partial charge in [0.05, 0.1) is 5.69 Å². The van der Waals surface area contributed by atoms with E-state index in [1.165, 1.54) is 32.1 Å². The van der Waals surface area contributed by atoms with Crippen molar-refractivity contribution in [3.63, 3.8) is 0 Å². The minimum absolute atomic E-state index is 0.248. The van der Waals surface area contributed by atoms with Crippen LogP contribution in [0.25, 0.3) is 0 Å². The SMILES string of the molecule is NC(=Nc1ccccc1I)NC12CCC(CC1)C2. The molecule has 0 amide bonds. The average Bonchev–Trinajstić information content (AvgIpc) is 2.91. The molecular formula is C14H18IN3. The minimum atomic E-state index is 0.248. The molecule has 96 valence electrons. The van der Waals surface area contributed by atoms with Crippen LogP contribution in [-0.4, -0.2) is 11.5 Å². The van der Waals surface area contributed by atoms with Gasteiger partial charge in [0.2, 0.25) is 0 Å². The van der Waals surface area contributed by atoms with Crippen molar-refractivity contribution in [3.05, 3.63) is 27.8 Å². The Balaban J connectivity index is 1.75. The van der Waals surface area contributed by atoms with Gasteiger partial charge >= 0.3 is 0 Å². The fourth-order valence-corrected chi connectivity index (χ4v) is 3.85. The summed E-state index contributed by atoms with van der Waals surface area (Å²) >= 11 is 2.29. The highest BCUT2D eigenvalue weighted by Crippen LogP contribution is 2.47. The first-order valence-corrected chi connectivity index (χ1v) is 7.62. The van der Waals surface area contributed by atoms with Gasteiger partial charge in [0.25, 0.3) is 0 Å². The van der Waals surface area contributed by atoms with Gasteiger partial charge < -0.3 is 11.1 Å². The third-order valence-corrected chi connectivity index (χ3v) is 5.14. The van der Waals surface area contributed by atoms with Gasteiger partial charge in [0.15, 0.2) is 5.96 Å². The van der Waals surface area contributed by atoms with Gasteiger partial charge in [-0.3, -0.25) is 0 Å². The maximum Gasteiger partial charge on any atom is 0.194 e. The standard InChI is InChI=1S/C14H18IN3/c15-11-3-1-2-4-12(11)17-13(16)18-14-7-5-10(9-14)6-8-14/h1-4,10H,5-9H2,(H3,16,17,18). The van der Waals surface area contributed by atoms with Crippen LogP contribution in [0.2, 0.25) is 0 Å². The predicted molar refractivity (Wildman–Crippen MR) is 82.9 cm³/mol. The molecule has 1 aromatic rings. The van der Waals surface area contributed by atoms with E-state index in [0.717, 1.165) is 15.2 Å². The number of guanidine groups is 1. The van der Waals surface area contributed by atoms with E-state index >= 15 is 0 Å². The zero-order valence-electron chi connectivity index (χ0n) is 10.3. The fraction of sp³-hybridized carbons (Fsp3) is 0.500. The Labute approximate surface area is 121 Å². The highest BCUT2D eigenvalue weighted by molar-refractivity contribution is 14.1. The zero-order valence-corrected chi connectivity index (χ0v) is 12.5. The van der Waals surface area contributed by atoms with Gasteiger partial charge in [-0.25, -0.2) is 4.99 Å². The molecule has 2 saturated carbocycles. The maximum atomic E-state index is 6.07. The van der Waals surface area contributed by atoms with Crippen LogP contribution in [0.15, 0.2) is 29.3 Å². The van der Waals surface area contributed by atoms with Gasteiger partial charge in [-0.05, 0) is 72.7 Å². The Morgan fingerprint density at radius 1 is 1.33 bits per heavy atom. The van der Waals surface area contributed by atoms with Crippen molar-refractivity contribution in [1.29, 1.82) is 0 Å². The Morgan fingerprint density at radius 2 is 2.06 bits per heavy atom. The molecule has 0 heterocycles. The number of hydrogen-bond acceptors (Lipinski definition) is 1. The lowest BCUT2D eigenvalue weighted by molar-refractivity contribution is 0.378. The molecule has 4 heteroatoms. The summed E-state index contributed by atoms with van der Waals surface area (Å²) in [6.07, 6.45) is 6.47. The number of fused-ring (bicyclic) bond motifs is 2. The Morgan fingerprint density at radius 3 is 2.67 bits per heavy atom. The summed E-state index contributed by atoms with van der Waals surface area (Å²) in [5.41, 5.74) is 7.27. The fourth-order valence-electron chi connectivity index (χ4n) is 3.34. The van der Waals surface area contributed by atoms with Crippen molar-refractivity contribution in [2.45, 2.75) is 37.6 Å². The molecule has 2 fully saturated rings. The molecule has 0 spiro atoms. The third-order valence-electron chi connectivity index (χ3n) is 4.23. The second kappa shape index (κ2) is 4.72. The largest absolute Gasteiger partial charge is 0.370 e. The molecule has 3 N–H and O–H groups in total. The number of nitrogens with zero attached hydrogens (tertiary/aromatic N) is 1. The van der Waals surface area contributed by atoms with E-state index in [9.17, 15) is 0 Å². The zero-order chi connectivity index (χ0) is 12.6. The van der Waals surface area contributed by atoms with Crippen molar-refractivity contribution >= 4 is 34.2 Å². The van der Waals surface area contributed by atoms with E-state index in [1.54, 1.807) is 0 Å². The topological polar surface area (TPSA) is 50.4 Å². The number of nitrogens with two attached hydrogens (primary N) is 1. The number of hydrogen-bond donors (Lipinski definition) is 2. The quantitative estimate of drug-likeness (QED) is 0.487. The number of benzene rings is 1. The second-order valence-electron chi connectivity index (χ2n) is 5.50. The monoisotopic (exact) mass is 355 g/mol. The van der Waals surface area contributed by atoms with Crippen molar-refractivity contribution in [2.75, 3.05) is 0 Å². The molecule has 2 aliphatic carbocycles. The van der Waals surface area contributed by atoms with Crippen molar-refractivity contribution in [3.8, 4) is 0 Å². The summed E-state index contributed by atoms with van der Waals surface area (Å²) in [7, 11) is 0. The average molecular weight is 355 g/mol. The molecule has 2 aliphatic rings. The lowest BCUT2D eigenvalue weighted by Gasteiger charge is -2.28. The Bertz CT molecular complexity index is 476. The van der Waals surface area contributed by atoms with Crippen LogP contribution in [-0.2, 0) is 0 Å².